The fraction of sp³-hybridized carbons (Fsp3) is 0.556. The van der Waals surface area contributed by atoms with Gasteiger partial charge in [-0.15, -0.1) is 0 Å². The molecule has 0 spiro atoms. The van der Waals surface area contributed by atoms with Gasteiger partial charge in [0.15, 0.2) is 0 Å². The minimum Gasteiger partial charge on any atom is -0.444 e. The summed E-state index contributed by atoms with van der Waals surface area (Å²) in [6.07, 6.45) is -0.590. The number of carbonyl (C=O) groups excluding carboxylic acids is 2. The molecule has 0 fully saturated rings. The Hall–Kier alpha value is -2.04. The van der Waals surface area contributed by atoms with Crippen molar-refractivity contribution in [3.8, 4) is 0 Å². The maximum Gasteiger partial charge on any atom is 0.408 e. The van der Waals surface area contributed by atoms with E-state index >= 15 is 0 Å². The molecule has 0 saturated carbocycles. The van der Waals surface area contributed by atoms with E-state index in [2.05, 4.69) is 10.6 Å². The van der Waals surface area contributed by atoms with Gasteiger partial charge in [-0.3, -0.25) is 4.79 Å². The first-order valence-electron chi connectivity index (χ1n) is 7.88. The van der Waals surface area contributed by atoms with E-state index in [1.165, 1.54) is 0 Å². The number of aryl methyl sites for hydroxylation is 2. The topological polar surface area (TPSA) is 67.4 Å². The molecule has 1 atom stereocenters. The quantitative estimate of drug-likeness (QED) is 0.887. The molecule has 2 N–H and O–H groups in total. The van der Waals surface area contributed by atoms with Crippen LogP contribution in [0.15, 0.2) is 18.2 Å². The van der Waals surface area contributed by atoms with Crippen LogP contribution < -0.4 is 10.6 Å². The third-order valence-electron chi connectivity index (χ3n) is 3.35. The average Bonchev–Trinajstić information content (AvgIpc) is 2.38. The van der Waals surface area contributed by atoms with Gasteiger partial charge in [-0.25, -0.2) is 4.79 Å². The molecule has 128 valence electrons. The Kier molecular flexibility index (Phi) is 6.19. The lowest BCUT2D eigenvalue weighted by atomic mass is 10.0. The van der Waals surface area contributed by atoms with E-state index in [1.54, 1.807) is 20.8 Å². The summed E-state index contributed by atoms with van der Waals surface area (Å²) >= 11 is 0. The molecule has 1 aromatic rings. The predicted octanol–water partition coefficient (Wildman–Crippen LogP) is 3.79. The van der Waals surface area contributed by atoms with Crippen LogP contribution in [0.5, 0.6) is 0 Å². The second kappa shape index (κ2) is 7.49. The van der Waals surface area contributed by atoms with Gasteiger partial charge in [-0.2, -0.15) is 0 Å². The number of benzene rings is 1. The van der Waals surface area contributed by atoms with E-state index in [-0.39, 0.29) is 11.8 Å². The van der Waals surface area contributed by atoms with Crippen molar-refractivity contribution in [1.29, 1.82) is 0 Å². The predicted molar refractivity (Wildman–Crippen MR) is 92.5 cm³/mol. The molecular weight excluding hydrogens is 292 g/mol. The van der Waals surface area contributed by atoms with Gasteiger partial charge in [0, 0.05) is 5.69 Å². The van der Waals surface area contributed by atoms with Gasteiger partial charge >= 0.3 is 6.09 Å². The van der Waals surface area contributed by atoms with Crippen molar-refractivity contribution in [1.82, 2.24) is 5.32 Å². The summed E-state index contributed by atoms with van der Waals surface area (Å²) in [6, 6.07) is 5.16. The fourth-order valence-corrected chi connectivity index (χ4v) is 2.18. The first-order chi connectivity index (χ1) is 10.5. The van der Waals surface area contributed by atoms with Crippen LogP contribution in [0, 0.1) is 19.8 Å². The zero-order valence-corrected chi connectivity index (χ0v) is 15.1. The third-order valence-corrected chi connectivity index (χ3v) is 3.35. The molecular formula is C18H28N2O3. The first kappa shape index (κ1) is 19.0. The number of hydrogen-bond acceptors (Lipinski definition) is 3. The van der Waals surface area contributed by atoms with Crippen molar-refractivity contribution in [2.24, 2.45) is 5.92 Å². The van der Waals surface area contributed by atoms with Gasteiger partial charge in [0.25, 0.3) is 0 Å². The molecule has 1 aromatic carbocycles. The Bertz CT molecular complexity index is 554. The van der Waals surface area contributed by atoms with Crippen molar-refractivity contribution in [3.05, 3.63) is 29.3 Å². The number of hydrogen-bond donors (Lipinski definition) is 2. The standard InChI is InChI=1S/C18H28N2O3/c1-11(2)14(20-17(22)23-18(5,6)7)16(21)19-15-12(3)9-8-10-13(15)4/h8-11,14H,1-7H3,(H,19,21)(H,20,22)/t14-/m1/s1. The number of alkyl carbamates (subject to hydrolysis) is 1. The Labute approximate surface area is 138 Å². The average molecular weight is 320 g/mol. The van der Waals surface area contributed by atoms with Crippen molar-refractivity contribution < 1.29 is 14.3 Å². The zero-order chi connectivity index (χ0) is 17.8. The number of nitrogens with one attached hydrogen (secondary N) is 2. The van der Waals surface area contributed by atoms with Gasteiger partial charge < -0.3 is 15.4 Å². The number of amides is 2. The Balaban J connectivity index is 2.85. The van der Waals surface area contributed by atoms with Crippen molar-refractivity contribution >= 4 is 17.7 Å². The summed E-state index contributed by atoms with van der Waals surface area (Å²) in [5.74, 6) is -0.310. The molecule has 0 bridgehead atoms. The van der Waals surface area contributed by atoms with Crippen LogP contribution in [0.3, 0.4) is 0 Å². The highest BCUT2D eigenvalue weighted by atomic mass is 16.6. The molecule has 0 aliphatic rings. The Morgan fingerprint density at radius 3 is 2.04 bits per heavy atom. The molecule has 5 heteroatoms. The largest absolute Gasteiger partial charge is 0.444 e. The van der Waals surface area contributed by atoms with Crippen molar-refractivity contribution in [3.63, 3.8) is 0 Å². The molecule has 0 heterocycles. The summed E-state index contributed by atoms with van der Waals surface area (Å²) in [6.45, 7) is 13.0. The third kappa shape index (κ3) is 5.93. The van der Waals surface area contributed by atoms with E-state index in [4.69, 9.17) is 4.74 Å². The van der Waals surface area contributed by atoms with E-state index in [1.807, 2.05) is 45.9 Å². The van der Waals surface area contributed by atoms with Crippen molar-refractivity contribution in [2.45, 2.75) is 60.1 Å². The summed E-state index contributed by atoms with van der Waals surface area (Å²) < 4.78 is 5.24. The first-order valence-corrected chi connectivity index (χ1v) is 7.88. The maximum atomic E-state index is 12.6. The lowest BCUT2D eigenvalue weighted by Gasteiger charge is -2.25. The minimum absolute atomic E-state index is 0.0631. The van der Waals surface area contributed by atoms with Crippen LogP contribution >= 0.6 is 0 Å². The molecule has 0 radical (unpaired) electrons. The molecule has 0 aliphatic heterocycles. The van der Waals surface area contributed by atoms with Gasteiger partial charge in [0.1, 0.15) is 11.6 Å². The molecule has 5 nitrogen and oxygen atoms in total. The lowest BCUT2D eigenvalue weighted by Crippen LogP contribution is -2.48. The highest BCUT2D eigenvalue weighted by molar-refractivity contribution is 5.97. The fourth-order valence-electron chi connectivity index (χ4n) is 2.18. The molecule has 0 saturated heterocycles. The second-order valence-electron chi connectivity index (χ2n) is 7.12. The molecule has 23 heavy (non-hydrogen) atoms. The summed E-state index contributed by atoms with van der Waals surface area (Å²) in [5.41, 5.74) is 2.15. The summed E-state index contributed by atoms with van der Waals surface area (Å²) in [7, 11) is 0. The highest BCUT2D eigenvalue weighted by Crippen LogP contribution is 2.20. The smallest absolute Gasteiger partial charge is 0.408 e. The normalized spacial score (nSPS) is 12.7. The molecule has 0 aliphatic carbocycles. The van der Waals surface area contributed by atoms with E-state index < -0.39 is 17.7 Å². The monoisotopic (exact) mass is 320 g/mol. The van der Waals surface area contributed by atoms with Crippen LogP contribution in [0.4, 0.5) is 10.5 Å². The van der Waals surface area contributed by atoms with E-state index in [9.17, 15) is 9.59 Å². The van der Waals surface area contributed by atoms with Crippen LogP contribution in [-0.4, -0.2) is 23.6 Å². The van der Waals surface area contributed by atoms with Crippen LogP contribution in [0.2, 0.25) is 0 Å². The Morgan fingerprint density at radius 1 is 1.09 bits per heavy atom. The van der Waals surface area contributed by atoms with Crippen LogP contribution in [0.1, 0.15) is 45.7 Å². The number of carbonyl (C=O) groups is 2. The second-order valence-corrected chi connectivity index (χ2v) is 7.12. The van der Waals surface area contributed by atoms with Gasteiger partial charge in [0.05, 0.1) is 0 Å². The zero-order valence-electron chi connectivity index (χ0n) is 15.1. The van der Waals surface area contributed by atoms with Gasteiger partial charge in [-0.05, 0) is 51.7 Å². The van der Waals surface area contributed by atoms with Gasteiger partial charge in [-0.1, -0.05) is 32.0 Å². The number of para-hydroxylation sites is 1. The molecule has 0 unspecified atom stereocenters. The number of ether oxygens (including phenoxy) is 1. The maximum absolute atomic E-state index is 12.6. The SMILES string of the molecule is Cc1cccc(C)c1NC(=O)[C@H](NC(=O)OC(C)(C)C)C(C)C. The minimum atomic E-state index is -0.663. The molecule has 0 aromatic heterocycles. The summed E-state index contributed by atoms with van der Waals surface area (Å²) in [4.78, 5) is 24.5. The lowest BCUT2D eigenvalue weighted by molar-refractivity contribution is -0.119. The van der Waals surface area contributed by atoms with E-state index in [0.29, 0.717) is 0 Å². The number of rotatable bonds is 4. The molecule has 1 rings (SSSR count). The van der Waals surface area contributed by atoms with Crippen LogP contribution in [-0.2, 0) is 9.53 Å². The molecule has 2 amide bonds. The summed E-state index contributed by atoms with van der Waals surface area (Å²) in [5, 5.41) is 5.58. The van der Waals surface area contributed by atoms with Gasteiger partial charge in [0.2, 0.25) is 5.91 Å². The number of anilines is 1. The van der Waals surface area contributed by atoms with Crippen molar-refractivity contribution in [2.75, 3.05) is 5.32 Å². The highest BCUT2D eigenvalue weighted by Gasteiger charge is 2.27. The van der Waals surface area contributed by atoms with Crippen LogP contribution in [0.25, 0.3) is 0 Å². The Morgan fingerprint density at radius 2 is 1.61 bits per heavy atom. The van der Waals surface area contributed by atoms with E-state index in [0.717, 1.165) is 16.8 Å².